The summed E-state index contributed by atoms with van der Waals surface area (Å²) in [6.07, 6.45) is 34.5. The van der Waals surface area contributed by atoms with E-state index in [-0.39, 0.29) is 17.0 Å². The molecule has 0 bridgehead atoms. The predicted octanol–water partition coefficient (Wildman–Crippen LogP) is 11.7. The Kier molecular flexibility index (Phi) is 31.9. The third-order valence-electron chi connectivity index (χ3n) is 7.29. The normalized spacial score (nSPS) is 13.3. The molecular formula is C30H63Br2N. The number of unbranched alkanes of at least 4 members (excludes halogenated alkanes) is 18. The Labute approximate surface area is 229 Å². The van der Waals surface area contributed by atoms with Gasteiger partial charge in [0.15, 0.2) is 0 Å². The molecule has 0 N–H and O–H groups in total. The Morgan fingerprint density at radius 1 is 0.455 bits per heavy atom. The molecule has 1 nitrogen and oxygen atoms in total. The van der Waals surface area contributed by atoms with Gasteiger partial charge in [-0.2, -0.15) is 0 Å². The molecular weight excluding hydrogens is 534 g/mol. The molecule has 0 aromatic heterocycles. The van der Waals surface area contributed by atoms with Crippen LogP contribution in [0.4, 0.5) is 0 Å². The number of hydrogen-bond donors (Lipinski definition) is 0. The maximum atomic E-state index is 3.86. The van der Waals surface area contributed by atoms with Crippen molar-refractivity contribution in [2.75, 3.05) is 14.1 Å². The number of alkyl halides is 1. The van der Waals surface area contributed by atoms with Gasteiger partial charge in [0.05, 0.1) is 0 Å². The Balaban J connectivity index is 0. The summed E-state index contributed by atoms with van der Waals surface area (Å²) in [7, 11) is 4.53. The molecule has 0 aliphatic rings. The van der Waals surface area contributed by atoms with Crippen LogP contribution in [0.5, 0.6) is 0 Å². The van der Waals surface area contributed by atoms with E-state index >= 15 is 0 Å². The summed E-state index contributed by atoms with van der Waals surface area (Å²) in [6.45, 7) is 4.59. The third-order valence-corrected chi connectivity index (χ3v) is 8.20. The van der Waals surface area contributed by atoms with Crippen LogP contribution in [0.15, 0.2) is 0 Å². The van der Waals surface area contributed by atoms with Gasteiger partial charge in [0.1, 0.15) is 0 Å². The van der Waals surface area contributed by atoms with Crippen molar-refractivity contribution in [2.45, 2.75) is 179 Å². The highest BCUT2D eigenvalue weighted by Gasteiger charge is 2.13. The van der Waals surface area contributed by atoms with Crippen LogP contribution in [-0.4, -0.2) is 29.9 Å². The second-order valence-electron chi connectivity index (χ2n) is 10.7. The lowest BCUT2D eigenvalue weighted by Gasteiger charge is -2.25. The van der Waals surface area contributed by atoms with E-state index in [0.717, 1.165) is 10.9 Å². The van der Waals surface area contributed by atoms with E-state index in [4.69, 9.17) is 0 Å². The first-order chi connectivity index (χ1) is 15.6. The molecule has 33 heavy (non-hydrogen) atoms. The highest BCUT2D eigenvalue weighted by Crippen LogP contribution is 2.20. The van der Waals surface area contributed by atoms with E-state index in [1.54, 1.807) is 0 Å². The number of hydrogen-bond acceptors (Lipinski definition) is 1. The van der Waals surface area contributed by atoms with Crippen molar-refractivity contribution in [2.24, 2.45) is 0 Å². The smallest absolute Gasteiger partial charge is 0.0146 e. The number of halogens is 2. The second-order valence-corrected chi connectivity index (χ2v) is 12.0. The fourth-order valence-corrected chi connectivity index (χ4v) is 5.67. The van der Waals surface area contributed by atoms with Crippen LogP contribution in [0.1, 0.15) is 168 Å². The summed E-state index contributed by atoms with van der Waals surface area (Å²) >= 11 is 3.86. The van der Waals surface area contributed by atoms with Crippen molar-refractivity contribution in [3.63, 3.8) is 0 Å². The van der Waals surface area contributed by atoms with E-state index < -0.39 is 0 Å². The lowest BCUT2D eigenvalue weighted by Crippen LogP contribution is -2.28. The van der Waals surface area contributed by atoms with E-state index in [1.165, 1.54) is 154 Å². The highest BCUT2D eigenvalue weighted by atomic mass is 79.9. The van der Waals surface area contributed by atoms with Gasteiger partial charge >= 0.3 is 0 Å². The molecule has 0 aromatic rings. The topological polar surface area (TPSA) is 3.24 Å². The van der Waals surface area contributed by atoms with Gasteiger partial charge < -0.3 is 4.90 Å². The minimum atomic E-state index is 0. The average molecular weight is 598 g/mol. The van der Waals surface area contributed by atoms with Crippen molar-refractivity contribution in [3.8, 4) is 0 Å². The fourth-order valence-electron chi connectivity index (χ4n) is 4.95. The number of nitrogens with zero attached hydrogens (tertiary/aromatic N) is 1. The molecule has 3 heteroatoms. The molecule has 0 aliphatic heterocycles. The molecule has 0 rings (SSSR count). The van der Waals surface area contributed by atoms with Crippen LogP contribution in [0.2, 0.25) is 0 Å². The SMILES string of the molecule is Br.CCCCCCCCCCCCCCCCCCCCCC(CCC(Br)CCC)N(C)C. The van der Waals surface area contributed by atoms with Crippen molar-refractivity contribution in [1.29, 1.82) is 0 Å². The van der Waals surface area contributed by atoms with Gasteiger partial charge in [0, 0.05) is 10.9 Å². The summed E-state index contributed by atoms with van der Waals surface area (Å²) in [4.78, 5) is 3.18. The van der Waals surface area contributed by atoms with Crippen LogP contribution in [0.3, 0.4) is 0 Å². The fraction of sp³-hybridized carbons (Fsp3) is 1.00. The molecule has 0 radical (unpaired) electrons. The lowest BCUT2D eigenvalue weighted by molar-refractivity contribution is 0.252. The largest absolute Gasteiger partial charge is 0.306 e. The first-order valence-electron chi connectivity index (χ1n) is 14.9. The minimum absolute atomic E-state index is 0. The van der Waals surface area contributed by atoms with Gasteiger partial charge in [0.25, 0.3) is 0 Å². The minimum Gasteiger partial charge on any atom is -0.306 e. The standard InChI is InChI=1S/C30H62BrN.BrH/c1-5-7-8-9-10-11-12-13-14-15-16-17-18-19-20-21-22-23-24-26-30(32(3)4)28-27-29(31)25-6-2;/h29-30H,5-28H2,1-4H3;1H. The van der Waals surface area contributed by atoms with Crippen molar-refractivity contribution >= 4 is 32.9 Å². The molecule has 0 spiro atoms. The molecule has 202 valence electrons. The van der Waals surface area contributed by atoms with Crippen molar-refractivity contribution in [3.05, 3.63) is 0 Å². The lowest BCUT2D eigenvalue weighted by atomic mass is 9.99. The quantitative estimate of drug-likeness (QED) is 0.0708. The summed E-state index contributed by atoms with van der Waals surface area (Å²) < 4.78 is 0. The van der Waals surface area contributed by atoms with Gasteiger partial charge in [-0.3, -0.25) is 0 Å². The average Bonchev–Trinajstić information content (AvgIpc) is 2.77. The zero-order valence-electron chi connectivity index (χ0n) is 23.4. The molecule has 0 saturated carbocycles. The van der Waals surface area contributed by atoms with Gasteiger partial charge in [-0.25, -0.2) is 0 Å². The van der Waals surface area contributed by atoms with E-state index in [1.807, 2.05) is 0 Å². The zero-order valence-corrected chi connectivity index (χ0v) is 26.7. The molecule has 0 fully saturated rings. The van der Waals surface area contributed by atoms with Gasteiger partial charge in [-0.1, -0.05) is 158 Å². The molecule has 2 unspecified atom stereocenters. The van der Waals surface area contributed by atoms with Gasteiger partial charge in [0.2, 0.25) is 0 Å². The number of rotatable bonds is 26. The second kappa shape index (κ2) is 29.2. The maximum Gasteiger partial charge on any atom is 0.0146 e. The summed E-state index contributed by atoms with van der Waals surface area (Å²) in [5.74, 6) is 0. The van der Waals surface area contributed by atoms with Crippen LogP contribution in [-0.2, 0) is 0 Å². The van der Waals surface area contributed by atoms with Crippen LogP contribution >= 0.6 is 32.9 Å². The van der Waals surface area contributed by atoms with Crippen LogP contribution < -0.4 is 0 Å². The summed E-state index contributed by atoms with van der Waals surface area (Å²) in [5.41, 5.74) is 0. The van der Waals surface area contributed by atoms with Gasteiger partial charge in [-0.05, 0) is 39.8 Å². The molecule has 0 aromatic carbocycles. The third kappa shape index (κ3) is 27.4. The van der Waals surface area contributed by atoms with Crippen LogP contribution in [0.25, 0.3) is 0 Å². The van der Waals surface area contributed by atoms with E-state index in [9.17, 15) is 0 Å². The molecule has 0 aliphatic carbocycles. The Morgan fingerprint density at radius 2 is 0.818 bits per heavy atom. The van der Waals surface area contributed by atoms with Gasteiger partial charge in [-0.15, -0.1) is 17.0 Å². The monoisotopic (exact) mass is 595 g/mol. The van der Waals surface area contributed by atoms with Crippen molar-refractivity contribution < 1.29 is 0 Å². The zero-order chi connectivity index (χ0) is 23.7. The predicted molar refractivity (Wildman–Crippen MR) is 163 cm³/mol. The molecule has 0 saturated heterocycles. The Bertz CT molecular complexity index is 348. The summed E-state index contributed by atoms with van der Waals surface area (Å²) in [5, 5.41) is 0. The van der Waals surface area contributed by atoms with Crippen molar-refractivity contribution in [1.82, 2.24) is 4.90 Å². The van der Waals surface area contributed by atoms with Crippen LogP contribution in [0, 0.1) is 0 Å². The summed E-state index contributed by atoms with van der Waals surface area (Å²) in [6, 6.07) is 0.776. The Morgan fingerprint density at radius 3 is 1.15 bits per heavy atom. The first-order valence-corrected chi connectivity index (χ1v) is 15.8. The molecule has 0 amide bonds. The Hall–Kier alpha value is 0.920. The highest BCUT2D eigenvalue weighted by molar-refractivity contribution is 9.09. The van der Waals surface area contributed by atoms with E-state index in [0.29, 0.717) is 0 Å². The molecule has 2 atom stereocenters. The first kappa shape index (κ1) is 36.1. The maximum absolute atomic E-state index is 3.86. The van der Waals surface area contributed by atoms with E-state index in [2.05, 4.69) is 48.8 Å². The molecule has 0 heterocycles.